The van der Waals surface area contributed by atoms with Gasteiger partial charge in [0.1, 0.15) is 0 Å². The van der Waals surface area contributed by atoms with Crippen molar-refractivity contribution in [1.82, 2.24) is 0 Å². The average molecular weight is 198 g/mol. The molecule has 0 amide bonds. The molecule has 0 aliphatic rings. The van der Waals surface area contributed by atoms with Gasteiger partial charge in [-0.1, -0.05) is 25.5 Å². The van der Waals surface area contributed by atoms with E-state index in [1.807, 2.05) is 6.92 Å². The van der Waals surface area contributed by atoms with Crippen molar-refractivity contribution in [2.75, 3.05) is 0 Å². The van der Waals surface area contributed by atoms with Gasteiger partial charge >= 0.3 is 11.9 Å². The van der Waals surface area contributed by atoms with Crippen molar-refractivity contribution in [3.63, 3.8) is 0 Å². The highest BCUT2D eigenvalue weighted by atomic mass is 16.4. The average Bonchev–Trinajstić information content (AvgIpc) is 2.09. The molecule has 0 fully saturated rings. The summed E-state index contributed by atoms with van der Waals surface area (Å²) in [5.74, 6) is -2.16. The van der Waals surface area contributed by atoms with Crippen molar-refractivity contribution >= 4 is 11.9 Å². The van der Waals surface area contributed by atoms with Gasteiger partial charge in [-0.05, 0) is 12.3 Å². The second-order valence-electron chi connectivity index (χ2n) is 2.85. The Morgan fingerprint density at radius 1 is 1.14 bits per heavy atom. The summed E-state index contributed by atoms with van der Waals surface area (Å²) in [4.78, 5) is 20.4. The maximum atomic E-state index is 10.2. The van der Waals surface area contributed by atoms with Crippen molar-refractivity contribution in [2.45, 2.75) is 19.8 Å². The molecule has 0 rings (SSSR count). The van der Waals surface area contributed by atoms with E-state index < -0.39 is 11.9 Å². The Hall–Kier alpha value is -1.58. The van der Waals surface area contributed by atoms with Crippen LogP contribution < -0.4 is 0 Å². The zero-order valence-corrected chi connectivity index (χ0v) is 8.01. The van der Waals surface area contributed by atoms with Crippen LogP contribution in [0.2, 0.25) is 0 Å². The van der Waals surface area contributed by atoms with Crippen molar-refractivity contribution in [2.24, 2.45) is 5.92 Å². The van der Waals surface area contributed by atoms with Gasteiger partial charge in [0.05, 0.1) is 0 Å². The van der Waals surface area contributed by atoms with Crippen LogP contribution in [-0.4, -0.2) is 22.2 Å². The Labute approximate surface area is 82.6 Å². The summed E-state index contributed by atoms with van der Waals surface area (Å²) in [5, 5.41) is 16.8. The first-order chi connectivity index (χ1) is 6.56. The van der Waals surface area contributed by atoms with E-state index in [-0.39, 0.29) is 5.92 Å². The highest BCUT2D eigenvalue weighted by Crippen LogP contribution is 2.09. The van der Waals surface area contributed by atoms with Crippen LogP contribution in [0.1, 0.15) is 19.8 Å². The highest BCUT2D eigenvalue weighted by molar-refractivity contribution is 5.80. The molecule has 0 aliphatic heterocycles. The topological polar surface area (TPSA) is 74.6 Å². The monoisotopic (exact) mass is 198 g/mol. The highest BCUT2D eigenvalue weighted by Gasteiger charge is 2.00. The number of aliphatic carboxylic acids is 2. The van der Waals surface area contributed by atoms with Gasteiger partial charge in [-0.15, -0.1) is 0 Å². The predicted molar refractivity (Wildman–Crippen MR) is 51.9 cm³/mol. The number of rotatable bonds is 6. The largest absolute Gasteiger partial charge is 0.478 e. The fourth-order valence-electron chi connectivity index (χ4n) is 1.00. The normalized spacial score (nSPS) is 13.5. The lowest BCUT2D eigenvalue weighted by atomic mass is 10.0. The van der Waals surface area contributed by atoms with Gasteiger partial charge in [0, 0.05) is 12.2 Å². The van der Waals surface area contributed by atoms with Crippen molar-refractivity contribution < 1.29 is 19.8 Å². The minimum Gasteiger partial charge on any atom is -0.478 e. The van der Waals surface area contributed by atoms with E-state index in [0.29, 0.717) is 0 Å². The van der Waals surface area contributed by atoms with Gasteiger partial charge in [0.25, 0.3) is 0 Å². The Morgan fingerprint density at radius 3 is 1.86 bits per heavy atom. The lowest BCUT2D eigenvalue weighted by Gasteiger charge is -2.03. The van der Waals surface area contributed by atoms with Gasteiger partial charge in [-0.25, -0.2) is 9.59 Å². The van der Waals surface area contributed by atoms with E-state index in [1.165, 1.54) is 12.2 Å². The zero-order valence-electron chi connectivity index (χ0n) is 8.01. The summed E-state index contributed by atoms with van der Waals surface area (Å²) in [7, 11) is 0. The predicted octanol–water partition coefficient (Wildman–Crippen LogP) is 1.68. The van der Waals surface area contributed by atoms with E-state index in [1.54, 1.807) is 0 Å². The maximum absolute atomic E-state index is 10.2. The molecule has 0 radical (unpaired) electrons. The SMILES string of the molecule is CCCC(C=CC(=O)O)C=CC(=O)O. The summed E-state index contributed by atoms with van der Waals surface area (Å²) in [6, 6.07) is 0. The Bertz CT molecular complexity index is 229. The van der Waals surface area contributed by atoms with Crippen molar-refractivity contribution in [3.05, 3.63) is 24.3 Å². The van der Waals surface area contributed by atoms with Gasteiger partial charge in [-0.3, -0.25) is 0 Å². The zero-order chi connectivity index (χ0) is 11.0. The van der Waals surface area contributed by atoms with Crippen LogP contribution in [-0.2, 0) is 9.59 Å². The van der Waals surface area contributed by atoms with Crippen LogP contribution >= 0.6 is 0 Å². The van der Waals surface area contributed by atoms with Gasteiger partial charge in [0.15, 0.2) is 0 Å². The quantitative estimate of drug-likeness (QED) is 0.637. The molecule has 0 aromatic carbocycles. The van der Waals surface area contributed by atoms with Crippen molar-refractivity contribution in [3.8, 4) is 0 Å². The maximum Gasteiger partial charge on any atom is 0.327 e. The van der Waals surface area contributed by atoms with E-state index in [2.05, 4.69) is 0 Å². The smallest absolute Gasteiger partial charge is 0.327 e. The Morgan fingerprint density at radius 2 is 1.57 bits per heavy atom. The number of allylic oxidation sites excluding steroid dienone is 2. The summed E-state index contributed by atoms with van der Waals surface area (Å²) in [6.45, 7) is 1.95. The molecule has 14 heavy (non-hydrogen) atoms. The van der Waals surface area contributed by atoms with Crippen LogP contribution in [0.25, 0.3) is 0 Å². The molecule has 0 heterocycles. The summed E-state index contributed by atoms with van der Waals surface area (Å²) >= 11 is 0. The second kappa shape index (κ2) is 6.88. The molecule has 0 saturated carbocycles. The molecule has 0 aromatic heterocycles. The number of carboxylic acids is 2. The first-order valence-corrected chi connectivity index (χ1v) is 4.38. The van der Waals surface area contributed by atoms with E-state index in [0.717, 1.165) is 25.0 Å². The summed E-state index contributed by atoms with van der Waals surface area (Å²) in [5.41, 5.74) is 0. The molecular weight excluding hydrogens is 184 g/mol. The molecule has 0 saturated heterocycles. The van der Waals surface area contributed by atoms with Crippen LogP contribution in [0.3, 0.4) is 0 Å². The third kappa shape index (κ3) is 7.09. The number of hydrogen-bond acceptors (Lipinski definition) is 2. The van der Waals surface area contributed by atoms with Crippen LogP contribution in [0.5, 0.6) is 0 Å². The molecule has 4 heteroatoms. The van der Waals surface area contributed by atoms with Gasteiger partial charge in [-0.2, -0.15) is 0 Å². The Kier molecular flexibility index (Phi) is 6.11. The third-order valence-electron chi connectivity index (χ3n) is 1.59. The molecule has 0 aromatic rings. The molecule has 0 atom stereocenters. The van der Waals surface area contributed by atoms with Crippen LogP contribution in [0, 0.1) is 5.92 Å². The third-order valence-corrected chi connectivity index (χ3v) is 1.59. The molecule has 78 valence electrons. The lowest BCUT2D eigenvalue weighted by Crippen LogP contribution is -1.96. The van der Waals surface area contributed by atoms with E-state index >= 15 is 0 Å². The van der Waals surface area contributed by atoms with Gasteiger partial charge in [0.2, 0.25) is 0 Å². The lowest BCUT2D eigenvalue weighted by molar-refractivity contribution is -0.132. The minimum atomic E-state index is -1.02. The fourth-order valence-corrected chi connectivity index (χ4v) is 1.00. The molecule has 4 nitrogen and oxygen atoms in total. The van der Waals surface area contributed by atoms with Crippen molar-refractivity contribution in [1.29, 1.82) is 0 Å². The van der Waals surface area contributed by atoms with Gasteiger partial charge < -0.3 is 10.2 Å². The number of carboxylic acid groups (broad SMARTS) is 2. The Balaban J connectivity index is 4.28. The molecule has 0 aliphatic carbocycles. The van der Waals surface area contributed by atoms with E-state index in [4.69, 9.17) is 10.2 Å². The molecule has 0 bridgehead atoms. The fraction of sp³-hybridized carbons (Fsp3) is 0.400. The summed E-state index contributed by atoms with van der Waals surface area (Å²) in [6.07, 6.45) is 6.67. The van der Waals surface area contributed by atoms with Crippen LogP contribution in [0.4, 0.5) is 0 Å². The first kappa shape index (κ1) is 12.4. The first-order valence-electron chi connectivity index (χ1n) is 4.38. The standard InChI is InChI=1S/C10H14O4/c1-2-3-8(4-6-9(11)12)5-7-10(13)14/h4-8H,2-3H2,1H3,(H,11,12)(H,13,14). The van der Waals surface area contributed by atoms with Crippen LogP contribution in [0.15, 0.2) is 24.3 Å². The molecule has 0 unspecified atom stereocenters. The summed E-state index contributed by atoms with van der Waals surface area (Å²) < 4.78 is 0. The molecule has 2 N–H and O–H groups in total. The van der Waals surface area contributed by atoms with E-state index in [9.17, 15) is 9.59 Å². The second-order valence-corrected chi connectivity index (χ2v) is 2.85. The number of hydrogen-bond donors (Lipinski definition) is 2. The number of carbonyl (C=O) groups is 2. The minimum absolute atomic E-state index is 0.118. The molecule has 0 spiro atoms. The molecular formula is C10H14O4.